The fourth-order valence-corrected chi connectivity index (χ4v) is 4.07. The molecule has 0 atom stereocenters. The van der Waals surface area contributed by atoms with Gasteiger partial charge in [0.2, 0.25) is 0 Å². The molecule has 0 saturated carbocycles. The van der Waals surface area contributed by atoms with Gasteiger partial charge in [-0.15, -0.1) is 0 Å². The van der Waals surface area contributed by atoms with E-state index < -0.39 is 0 Å². The minimum atomic E-state index is -0.191. The minimum Gasteiger partial charge on any atom is -0.383 e. The summed E-state index contributed by atoms with van der Waals surface area (Å²) in [6, 6.07) is 17.1. The Labute approximate surface area is 193 Å². The van der Waals surface area contributed by atoms with E-state index in [9.17, 15) is 9.59 Å². The Bertz CT molecular complexity index is 1110. The molecule has 2 amide bonds. The highest BCUT2D eigenvalue weighted by molar-refractivity contribution is 6.04. The number of carbonyl (C=O) groups excluding carboxylic acids is 2. The molecule has 1 aliphatic rings. The Kier molecular flexibility index (Phi) is 7.16. The summed E-state index contributed by atoms with van der Waals surface area (Å²) in [5, 5.41) is 10.3. The smallest absolute Gasteiger partial charge is 0.276 e. The van der Waals surface area contributed by atoms with Gasteiger partial charge in [-0.25, -0.2) is 0 Å². The van der Waals surface area contributed by atoms with Crippen LogP contribution in [0.1, 0.15) is 37.7 Å². The highest BCUT2D eigenvalue weighted by Gasteiger charge is 2.27. The third kappa shape index (κ3) is 5.47. The summed E-state index contributed by atoms with van der Waals surface area (Å²) >= 11 is 0. The molecule has 0 bridgehead atoms. The second-order valence-electron chi connectivity index (χ2n) is 8.12. The molecule has 8 nitrogen and oxygen atoms in total. The van der Waals surface area contributed by atoms with Gasteiger partial charge in [-0.1, -0.05) is 30.3 Å². The standard InChI is InChI=1S/C25H29N5O3/c1-29-22-12-14-30(16-18-8-10-19(11-9-18)24(31)26-13-15-33-2)17-21(22)23(28-29)25(32)27-20-6-4-3-5-7-20/h3-11H,12-17H2,1-2H3,(H,26,31)(H,27,32). The molecular weight excluding hydrogens is 418 g/mol. The van der Waals surface area contributed by atoms with Crippen LogP contribution >= 0.6 is 0 Å². The largest absolute Gasteiger partial charge is 0.383 e. The van der Waals surface area contributed by atoms with E-state index in [0.29, 0.717) is 31.0 Å². The predicted molar refractivity (Wildman–Crippen MR) is 126 cm³/mol. The van der Waals surface area contributed by atoms with E-state index in [1.54, 1.807) is 7.11 Å². The zero-order valence-electron chi connectivity index (χ0n) is 19.0. The van der Waals surface area contributed by atoms with E-state index in [0.717, 1.165) is 42.0 Å². The summed E-state index contributed by atoms with van der Waals surface area (Å²) in [5.41, 5.74) is 5.05. The molecule has 2 N–H and O–H groups in total. The molecule has 0 radical (unpaired) electrons. The summed E-state index contributed by atoms with van der Waals surface area (Å²) in [6.45, 7) is 3.24. The van der Waals surface area contributed by atoms with Crippen LogP contribution in [0.15, 0.2) is 54.6 Å². The van der Waals surface area contributed by atoms with Gasteiger partial charge in [0, 0.05) is 69.3 Å². The number of aryl methyl sites for hydroxylation is 1. The first-order valence-electron chi connectivity index (χ1n) is 11.0. The average molecular weight is 448 g/mol. The number of nitrogens with one attached hydrogen (secondary N) is 2. The number of carbonyl (C=O) groups is 2. The normalized spacial score (nSPS) is 13.4. The molecule has 3 aromatic rings. The molecule has 1 aromatic heterocycles. The Balaban J connectivity index is 1.41. The van der Waals surface area contributed by atoms with Crippen LogP contribution in [0.4, 0.5) is 5.69 Å². The third-order valence-corrected chi connectivity index (χ3v) is 5.78. The number of benzene rings is 2. The van der Waals surface area contributed by atoms with Crippen molar-refractivity contribution in [3.8, 4) is 0 Å². The molecule has 0 aliphatic carbocycles. The van der Waals surface area contributed by atoms with E-state index in [1.807, 2.05) is 66.3 Å². The fourth-order valence-electron chi connectivity index (χ4n) is 4.07. The molecule has 2 aromatic carbocycles. The average Bonchev–Trinajstić information content (AvgIpc) is 3.16. The lowest BCUT2D eigenvalue weighted by molar-refractivity contribution is 0.0936. The molecule has 0 unspecified atom stereocenters. The van der Waals surface area contributed by atoms with Crippen molar-refractivity contribution in [1.82, 2.24) is 20.0 Å². The van der Waals surface area contributed by atoms with Crippen molar-refractivity contribution in [3.63, 3.8) is 0 Å². The van der Waals surface area contributed by atoms with Crippen LogP contribution in [0.3, 0.4) is 0 Å². The molecular formula is C25H29N5O3. The van der Waals surface area contributed by atoms with E-state index in [2.05, 4.69) is 20.6 Å². The van der Waals surface area contributed by atoms with E-state index in [1.165, 1.54) is 0 Å². The lowest BCUT2D eigenvalue weighted by atomic mass is 10.0. The van der Waals surface area contributed by atoms with Crippen molar-refractivity contribution >= 4 is 17.5 Å². The number of hydrogen-bond acceptors (Lipinski definition) is 5. The van der Waals surface area contributed by atoms with Gasteiger partial charge >= 0.3 is 0 Å². The third-order valence-electron chi connectivity index (χ3n) is 5.78. The SMILES string of the molecule is COCCNC(=O)c1ccc(CN2CCc3c(c(C(=O)Nc4ccccc4)nn3C)C2)cc1. The zero-order chi connectivity index (χ0) is 23.2. The summed E-state index contributed by atoms with van der Waals surface area (Å²) < 4.78 is 6.78. The van der Waals surface area contributed by atoms with E-state index >= 15 is 0 Å². The molecule has 172 valence electrons. The lowest BCUT2D eigenvalue weighted by Crippen LogP contribution is -2.31. The maximum Gasteiger partial charge on any atom is 0.276 e. The number of anilines is 1. The molecule has 0 fully saturated rings. The summed E-state index contributed by atoms with van der Waals surface area (Å²) in [5.74, 6) is -0.297. The van der Waals surface area contributed by atoms with Crippen LogP contribution in [-0.2, 0) is 31.3 Å². The fraction of sp³-hybridized carbons (Fsp3) is 0.320. The quantitative estimate of drug-likeness (QED) is 0.518. The Hall–Kier alpha value is -3.49. The number of fused-ring (bicyclic) bond motifs is 1. The van der Waals surface area contributed by atoms with Gasteiger partial charge in [-0.2, -0.15) is 5.10 Å². The van der Waals surface area contributed by atoms with Crippen molar-refractivity contribution in [1.29, 1.82) is 0 Å². The van der Waals surface area contributed by atoms with Crippen molar-refractivity contribution in [3.05, 3.63) is 82.7 Å². The Morgan fingerprint density at radius 3 is 2.55 bits per heavy atom. The molecule has 0 saturated heterocycles. The summed E-state index contributed by atoms with van der Waals surface area (Å²) in [7, 11) is 3.50. The highest BCUT2D eigenvalue weighted by Crippen LogP contribution is 2.24. The van der Waals surface area contributed by atoms with Crippen LogP contribution in [0.5, 0.6) is 0 Å². The van der Waals surface area contributed by atoms with Gasteiger partial charge in [-0.05, 0) is 29.8 Å². The van der Waals surface area contributed by atoms with Gasteiger partial charge < -0.3 is 15.4 Å². The van der Waals surface area contributed by atoms with Gasteiger partial charge in [0.05, 0.1) is 6.61 Å². The minimum absolute atomic E-state index is 0.106. The topological polar surface area (TPSA) is 88.5 Å². The van der Waals surface area contributed by atoms with E-state index in [-0.39, 0.29) is 11.8 Å². The van der Waals surface area contributed by atoms with Gasteiger partial charge in [0.25, 0.3) is 11.8 Å². The van der Waals surface area contributed by atoms with Crippen molar-refractivity contribution in [2.24, 2.45) is 7.05 Å². The van der Waals surface area contributed by atoms with Crippen molar-refractivity contribution in [2.75, 3.05) is 32.1 Å². The Morgan fingerprint density at radius 2 is 1.82 bits per heavy atom. The Morgan fingerprint density at radius 1 is 1.06 bits per heavy atom. The molecule has 2 heterocycles. The number of rotatable bonds is 8. The maximum absolute atomic E-state index is 12.9. The zero-order valence-corrected chi connectivity index (χ0v) is 19.0. The summed E-state index contributed by atoms with van der Waals surface area (Å²) in [6.07, 6.45) is 0.831. The number of amides is 2. The number of aromatic nitrogens is 2. The lowest BCUT2D eigenvalue weighted by Gasteiger charge is -2.27. The van der Waals surface area contributed by atoms with Crippen LogP contribution in [0.2, 0.25) is 0 Å². The monoisotopic (exact) mass is 447 g/mol. The van der Waals surface area contributed by atoms with E-state index in [4.69, 9.17) is 4.74 Å². The van der Waals surface area contributed by atoms with Crippen LogP contribution in [0.25, 0.3) is 0 Å². The molecule has 33 heavy (non-hydrogen) atoms. The number of hydrogen-bond donors (Lipinski definition) is 2. The first-order valence-corrected chi connectivity index (χ1v) is 11.0. The van der Waals surface area contributed by atoms with Crippen LogP contribution in [0, 0.1) is 0 Å². The molecule has 8 heteroatoms. The van der Waals surface area contributed by atoms with Crippen molar-refractivity contribution < 1.29 is 14.3 Å². The summed E-state index contributed by atoms with van der Waals surface area (Å²) in [4.78, 5) is 27.4. The van der Waals surface area contributed by atoms with Gasteiger partial charge in [0.1, 0.15) is 0 Å². The van der Waals surface area contributed by atoms with Crippen LogP contribution in [-0.4, -0.2) is 53.3 Å². The van der Waals surface area contributed by atoms with Gasteiger partial charge in [-0.3, -0.25) is 19.2 Å². The van der Waals surface area contributed by atoms with Crippen molar-refractivity contribution in [2.45, 2.75) is 19.5 Å². The van der Waals surface area contributed by atoms with Gasteiger partial charge in [0.15, 0.2) is 5.69 Å². The maximum atomic E-state index is 12.9. The molecule has 1 aliphatic heterocycles. The number of nitrogens with zero attached hydrogens (tertiary/aromatic N) is 3. The highest BCUT2D eigenvalue weighted by atomic mass is 16.5. The first kappa shape index (κ1) is 22.7. The predicted octanol–water partition coefficient (Wildman–Crippen LogP) is 2.61. The second-order valence-corrected chi connectivity index (χ2v) is 8.12. The molecule has 4 rings (SSSR count). The number of ether oxygens (including phenoxy) is 1. The molecule has 0 spiro atoms. The second kappa shape index (κ2) is 10.4. The number of para-hydroxylation sites is 1. The first-order chi connectivity index (χ1) is 16.0. The van der Waals surface area contributed by atoms with Crippen LogP contribution < -0.4 is 10.6 Å². The number of methoxy groups -OCH3 is 1.